The minimum atomic E-state index is 0. The molecule has 0 bridgehead atoms. The Kier molecular flexibility index (Phi) is 6.25. The van der Waals surface area contributed by atoms with Gasteiger partial charge in [0.2, 0.25) is 5.95 Å². The van der Waals surface area contributed by atoms with E-state index in [-0.39, 0.29) is 12.4 Å². The van der Waals surface area contributed by atoms with Gasteiger partial charge in [-0.3, -0.25) is 0 Å². The van der Waals surface area contributed by atoms with Crippen molar-refractivity contribution in [3.05, 3.63) is 53.5 Å². The van der Waals surface area contributed by atoms with E-state index >= 15 is 0 Å². The standard InChI is InChI=1S/C20H22N4S.ClH/c1-14-2-7-19(25-14)16-5-3-15(4-6-16)18-10-13-22-20(24-18)23-17-8-11-21-12-9-17;/h2-7,10,13,17,21H,8-9,11-12H2,1H3,(H,22,23,24);1H. The molecule has 0 unspecified atom stereocenters. The fourth-order valence-corrected chi connectivity index (χ4v) is 4.01. The Labute approximate surface area is 164 Å². The summed E-state index contributed by atoms with van der Waals surface area (Å²) in [4.78, 5) is 11.7. The van der Waals surface area contributed by atoms with Crippen molar-refractivity contribution in [3.63, 3.8) is 0 Å². The van der Waals surface area contributed by atoms with Gasteiger partial charge in [-0.1, -0.05) is 24.3 Å². The molecular formula is C20H23ClN4S. The Morgan fingerprint density at radius 3 is 2.42 bits per heavy atom. The highest BCUT2D eigenvalue weighted by Gasteiger charge is 2.14. The number of anilines is 1. The van der Waals surface area contributed by atoms with Gasteiger partial charge in [-0.15, -0.1) is 23.7 Å². The average molecular weight is 387 g/mol. The Morgan fingerprint density at radius 1 is 1.00 bits per heavy atom. The van der Waals surface area contributed by atoms with Crippen LogP contribution >= 0.6 is 23.7 Å². The zero-order valence-electron chi connectivity index (χ0n) is 14.7. The SMILES string of the molecule is Cc1ccc(-c2ccc(-c3ccnc(NC4CCNCC4)n3)cc2)s1.Cl. The molecular weight excluding hydrogens is 364 g/mol. The van der Waals surface area contributed by atoms with Crippen LogP contribution in [-0.2, 0) is 0 Å². The van der Waals surface area contributed by atoms with Crippen molar-refractivity contribution in [3.8, 4) is 21.7 Å². The first-order valence-electron chi connectivity index (χ1n) is 8.75. The van der Waals surface area contributed by atoms with Gasteiger partial charge in [0, 0.05) is 27.6 Å². The number of nitrogens with zero attached hydrogens (tertiary/aromatic N) is 2. The fraction of sp³-hybridized carbons (Fsp3) is 0.300. The van der Waals surface area contributed by atoms with E-state index < -0.39 is 0 Å². The maximum absolute atomic E-state index is 4.70. The summed E-state index contributed by atoms with van der Waals surface area (Å²) in [6, 6.07) is 15.4. The lowest BCUT2D eigenvalue weighted by Gasteiger charge is -2.23. The minimum absolute atomic E-state index is 0. The van der Waals surface area contributed by atoms with E-state index in [1.165, 1.54) is 15.3 Å². The van der Waals surface area contributed by atoms with Gasteiger partial charge in [0.05, 0.1) is 5.69 Å². The first kappa shape index (κ1) is 18.8. The summed E-state index contributed by atoms with van der Waals surface area (Å²) in [6.07, 6.45) is 4.06. The Hall–Kier alpha value is -1.95. The van der Waals surface area contributed by atoms with Crippen molar-refractivity contribution in [2.24, 2.45) is 0 Å². The van der Waals surface area contributed by atoms with Gasteiger partial charge in [-0.05, 0) is 56.6 Å². The van der Waals surface area contributed by atoms with Gasteiger partial charge in [0.15, 0.2) is 0 Å². The number of hydrogen-bond acceptors (Lipinski definition) is 5. The molecule has 0 amide bonds. The van der Waals surface area contributed by atoms with Gasteiger partial charge < -0.3 is 10.6 Å². The minimum Gasteiger partial charge on any atom is -0.351 e. The second-order valence-corrected chi connectivity index (χ2v) is 7.71. The molecule has 4 nitrogen and oxygen atoms in total. The molecule has 6 heteroatoms. The van der Waals surface area contributed by atoms with Crippen molar-refractivity contribution in [1.82, 2.24) is 15.3 Å². The van der Waals surface area contributed by atoms with Crippen molar-refractivity contribution >= 4 is 29.7 Å². The molecule has 26 heavy (non-hydrogen) atoms. The van der Waals surface area contributed by atoms with Crippen molar-refractivity contribution in [2.75, 3.05) is 18.4 Å². The molecule has 136 valence electrons. The van der Waals surface area contributed by atoms with Gasteiger partial charge in [-0.25, -0.2) is 9.97 Å². The summed E-state index contributed by atoms with van der Waals surface area (Å²) in [5, 5.41) is 6.85. The predicted octanol–water partition coefficient (Wildman–Crippen LogP) is 4.77. The quantitative estimate of drug-likeness (QED) is 0.678. The van der Waals surface area contributed by atoms with Crippen LogP contribution in [0.2, 0.25) is 0 Å². The molecule has 2 aromatic heterocycles. The van der Waals surface area contributed by atoms with Crippen molar-refractivity contribution in [2.45, 2.75) is 25.8 Å². The van der Waals surface area contributed by atoms with Crippen molar-refractivity contribution < 1.29 is 0 Å². The summed E-state index contributed by atoms with van der Waals surface area (Å²) >= 11 is 1.82. The average Bonchev–Trinajstić information content (AvgIpc) is 3.09. The zero-order valence-corrected chi connectivity index (χ0v) is 16.4. The maximum atomic E-state index is 4.70. The summed E-state index contributed by atoms with van der Waals surface area (Å²) in [5.41, 5.74) is 3.33. The number of aryl methyl sites for hydroxylation is 1. The number of hydrogen-bond donors (Lipinski definition) is 2. The molecule has 0 atom stereocenters. The number of nitrogens with one attached hydrogen (secondary N) is 2. The highest BCUT2D eigenvalue weighted by molar-refractivity contribution is 7.15. The molecule has 1 fully saturated rings. The fourth-order valence-electron chi connectivity index (χ4n) is 3.13. The van der Waals surface area contributed by atoms with Crippen LogP contribution in [0.5, 0.6) is 0 Å². The number of halogens is 1. The van der Waals surface area contributed by atoms with E-state index in [2.05, 4.69) is 58.9 Å². The normalized spacial score (nSPS) is 14.7. The lowest BCUT2D eigenvalue weighted by molar-refractivity contribution is 0.477. The smallest absolute Gasteiger partial charge is 0.223 e. The molecule has 0 aliphatic carbocycles. The molecule has 0 saturated carbocycles. The van der Waals surface area contributed by atoms with E-state index in [4.69, 9.17) is 4.98 Å². The summed E-state index contributed by atoms with van der Waals surface area (Å²) in [6.45, 7) is 4.25. The first-order chi connectivity index (χ1) is 12.3. The van der Waals surface area contributed by atoms with Gasteiger partial charge in [0.1, 0.15) is 0 Å². The molecule has 2 N–H and O–H groups in total. The van der Waals surface area contributed by atoms with Crippen LogP contribution in [0.15, 0.2) is 48.7 Å². The van der Waals surface area contributed by atoms with Gasteiger partial charge in [0.25, 0.3) is 0 Å². The third-order valence-electron chi connectivity index (χ3n) is 4.53. The van der Waals surface area contributed by atoms with E-state index in [0.29, 0.717) is 6.04 Å². The lowest BCUT2D eigenvalue weighted by Crippen LogP contribution is -2.35. The number of thiophene rings is 1. The second kappa shape index (κ2) is 8.62. The van der Waals surface area contributed by atoms with Crippen LogP contribution in [0.3, 0.4) is 0 Å². The molecule has 3 heterocycles. The third-order valence-corrected chi connectivity index (χ3v) is 5.58. The third kappa shape index (κ3) is 4.41. The Morgan fingerprint density at radius 2 is 1.73 bits per heavy atom. The largest absolute Gasteiger partial charge is 0.351 e. The van der Waals surface area contributed by atoms with Gasteiger partial charge in [-0.2, -0.15) is 0 Å². The summed E-state index contributed by atoms with van der Waals surface area (Å²) in [7, 11) is 0. The van der Waals surface area contributed by atoms with Crippen LogP contribution in [0, 0.1) is 6.92 Å². The number of piperidine rings is 1. The number of aromatic nitrogens is 2. The topological polar surface area (TPSA) is 49.8 Å². The predicted molar refractivity (Wildman–Crippen MR) is 112 cm³/mol. The lowest BCUT2D eigenvalue weighted by atomic mass is 10.1. The van der Waals surface area contributed by atoms with E-state index in [9.17, 15) is 0 Å². The highest BCUT2D eigenvalue weighted by atomic mass is 35.5. The van der Waals surface area contributed by atoms with Crippen molar-refractivity contribution in [1.29, 1.82) is 0 Å². The summed E-state index contributed by atoms with van der Waals surface area (Å²) in [5.74, 6) is 0.724. The first-order valence-corrected chi connectivity index (χ1v) is 9.57. The molecule has 4 rings (SSSR count). The monoisotopic (exact) mass is 386 g/mol. The van der Waals surface area contributed by atoms with E-state index in [1.54, 1.807) is 0 Å². The molecule has 3 aromatic rings. The second-order valence-electron chi connectivity index (χ2n) is 6.42. The van der Waals surface area contributed by atoms with Crippen LogP contribution in [0.4, 0.5) is 5.95 Å². The molecule has 1 aliphatic rings. The van der Waals surface area contributed by atoms with Gasteiger partial charge >= 0.3 is 0 Å². The van der Waals surface area contributed by atoms with Crippen LogP contribution < -0.4 is 10.6 Å². The Balaban J connectivity index is 0.00000196. The van der Waals surface area contributed by atoms with Crippen LogP contribution in [0.25, 0.3) is 21.7 Å². The molecule has 1 aliphatic heterocycles. The Bertz CT molecular complexity index is 841. The molecule has 0 spiro atoms. The summed E-state index contributed by atoms with van der Waals surface area (Å²) < 4.78 is 0. The van der Waals surface area contributed by atoms with E-state index in [1.807, 2.05) is 23.6 Å². The molecule has 0 radical (unpaired) electrons. The number of rotatable bonds is 4. The van der Waals surface area contributed by atoms with Crippen LogP contribution in [0.1, 0.15) is 17.7 Å². The zero-order chi connectivity index (χ0) is 17.1. The van der Waals surface area contributed by atoms with Crippen LogP contribution in [-0.4, -0.2) is 29.1 Å². The highest BCUT2D eigenvalue weighted by Crippen LogP contribution is 2.29. The number of benzene rings is 1. The molecule has 1 aromatic carbocycles. The molecule has 1 saturated heterocycles. The van der Waals surface area contributed by atoms with E-state index in [0.717, 1.165) is 43.1 Å². The maximum Gasteiger partial charge on any atom is 0.223 e.